The second kappa shape index (κ2) is 7.24. The lowest BCUT2D eigenvalue weighted by atomic mass is 10.1. The number of carbonyl (C=O) groups excluding carboxylic acids is 1. The summed E-state index contributed by atoms with van der Waals surface area (Å²) in [5.74, 6) is -0.213. The summed E-state index contributed by atoms with van der Waals surface area (Å²) < 4.78 is 33.4. The fourth-order valence-electron chi connectivity index (χ4n) is 2.61. The second-order valence-corrected chi connectivity index (χ2v) is 7.86. The zero-order chi connectivity index (χ0) is 19.6. The summed E-state index contributed by atoms with van der Waals surface area (Å²) in [6.07, 6.45) is 1.26. The molecule has 27 heavy (non-hydrogen) atoms. The standard InChI is InChI=1S/C19H19N3O4S/c1-12(2)26-17-11-15-13(10-16(17)18(20)23)8-9-21-19(15)22-27(24,25)14-6-4-3-5-7-14/h3-12H,1-2H3,(H2,20,23)(H,21,22). The molecule has 0 aliphatic rings. The van der Waals surface area contributed by atoms with Crippen LogP contribution in [0.5, 0.6) is 5.75 Å². The summed E-state index contributed by atoms with van der Waals surface area (Å²) in [5, 5.41) is 1.11. The number of nitrogens with two attached hydrogens (primary N) is 1. The van der Waals surface area contributed by atoms with Gasteiger partial charge in [-0.15, -0.1) is 0 Å². The van der Waals surface area contributed by atoms with Crippen LogP contribution in [-0.2, 0) is 10.0 Å². The van der Waals surface area contributed by atoms with Gasteiger partial charge in [0.15, 0.2) is 0 Å². The van der Waals surface area contributed by atoms with Crippen molar-refractivity contribution in [2.75, 3.05) is 4.72 Å². The number of hydrogen-bond donors (Lipinski definition) is 2. The first-order valence-electron chi connectivity index (χ1n) is 8.25. The van der Waals surface area contributed by atoms with E-state index in [0.717, 1.165) is 0 Å². The van der Waals surface area contributed by atoms with E-state index in [4.69, 9.17) is 10.5 Å². The van der Waals surface area contributed by atoms with Crippen molar-refractivity contribution < 1.29 is 17.9 Å². The number of primary amides is 1. The Morgan fingerprint density at radius 2 is 1.85 bits per heavy atom. The van der Waals surface area contributed by atoms with Gasteiger partial charge in [0.1, 0.15) is 11.6 Å². The minimum Gasteiger partial charge on any atom is -0.490 e. The molecule has 1 aromatic heterocycles. The fraction of sp³-hybridized carbons (Fsp3) is 0.158. The van der Waals surface area contributed by atoms with Crippen molar-refractivity contribution in [2.45, 2.75) is 24.8 Å². The first-order valence-corrected chi connectivity index (χ1v) is 9.73. The Kier molecular flexibility index (Phi) is 5.00. The number of nitrogens with one attached hydrogen (secondary N) is 1. The Morgan fingerprint density at radius 1 is 1.15 bits per heavy atom. The number of aromatic nitrogens is 1. The molecular formula is C19H19N3O4S. The molecule has 8 heteroatoms. The van der Waals surface area contributed by atoms with Gasteiger partial charge in [0.2, 0.25) is 0 Å². The minimum atomic E-state index is -3.81. The Morgan fingerprint density at radius 3 is 2.48 bits per heavy atom. The number of anilines is 1. The number of fused-ring (bicyclic) bond motifs is 1. The van der Waals surface area contributed by atoms with E-state index in [-0.39, 0.29) is 28.1 Å². The molecule has 0 saturated heterocycles. The molecule has 0 saturated carbocycles. The van der Waals surface area contributed by atoms with E-state index in [1.54, 1.807) is 36.4 Å². The molecular weight excluding hydrogens is 366 g/mol. The highest BCUT2D eigenvalue weighted by molar-refractivity contribution is 7.92. The zero-order valence-electron chi connectivity index (χ0n) is 14.8. The van der Waals surface area contributed by atoms with Crippen LogP contribution in [0.1, 0.15) is 24.2 Å². The van der Waals surface area contributed by atoms with E-state index in [1.807, 2.05) is 13.8 Å². The van der Waals surface area contributed by atoms with E-state index in [2.05, 4.69) is 9.71 Å². The second-order valence-electron chi connectivity index (χ2n) is 6.18. The van der Waals surface area contributed by atoms with Crippen LogP contribution in [0.3, 0.4) is 0 Å². The van der Waals surface area contributed by atoms with Crippen LogP contribution >= 0.6 is 0 Å². The Balaban J connectivity index is 2.13. The lowest BCUT2D eigenvalue weighted by Gasteiger charge is -2.15. The van der Waals surface area contributed by atoms with Crippen molar-refractivity contribution in [3.8, 4) is 5.75 Å². The molecule has 0 radical (unpaired) electrons. The van der Waals surface area contributed by atoms with Gasteiger partial charge in [-0.3, -0.25) is 9.52 Å². The molecule has 3 N–H and O–H groups in total. The van der Waals surface area contributed by atoms with Crippen LogP contribution < -0.4 is 15.2 Å². The van der Waals surface area contributed by atoms with E-state index in [1.165, 1.54) is 18.3 Å². The molecule has 3 rings (SSSR count). The number of benzene rings is 2. The third kappa shape index (κ3) is 4.01. The number of hydrogen-bond acceptors (Lipinski definition) is 5. The van der Waals surface area contributed by atoms with Gasteiger partial charge in [0.05, 0.1) is 16.6 Å². The van der Waals surface area contributed by atoms with Gasteiger partial charge < -0.3 is 10.5 Å². The van der Waals surface area contributed by atoms with Crippen molar-refractivity contribution in [1.82, 2.24) is 4.98 Å². The van der Waals surface area contributed by atoms with Crippen molar-refractivity contribution >= 4 is 32.5 Å². The topological polar surface area (TPSA) is 111 Å². The predicted molar refractivity (Wildman–Crippen MR) is 103 cm³/mol. The van der Waals surface area contributed by atoms with Crippen LogP contribution in [0.2, 0.25) is 0 Å². The summed E-state index contributed by atoms with van der Waals surface area (Å²) in [5.41, 5.74) is 5.67. The summed E-state index contributed by atoms with van der Waals surface area (Å²) in [4.78, 5) is 16.0. The Labute approximate surface area is 157 Å². The highest BCUT2D eigenvalue weighted by Gasteiger charge is 2.19. The summed E-state index contributed by atoms with van der Waals surface area (Å²) in [6.45, 7) is 3.63. The molecule has 0 aliphatic heterocycles. The monoisotopic (exact) mass is 385 g/mol. The van der Waals surface area contributed by atoms with E-state index >= 15 is 0 Å². The quantitative estimate of drug-likeness (QED) is 0.678. The molecule has 1 amide bonds. The molecule has 0 spiro atoms. The number of carbonyl (C=O) groups is 1. The van der Waals surface area contributed by atoms with Crippen LogP contribution in [0.4, 0.5) is 5.82 Å². The number of nitrogens with zero attached hydrogens (tertiary/aromatic N) is 1. The Bertz CT molecular complexity index is 1100. The smallest absolute Gasteiger partial charge is 0.263 e. The molecule has 0 aliphatic carbocycles. The average molecular weight is 385 g/mol. The molecule has 0 unspecified atom stereocenters. The van der Waals surface area contributed by atoms with Crippen LogP contribution in [0, 0.1) is 0 Å². The van der Waals surface area contributed by atoms with Crippen LogP contribution in [0.15, 0.2) is 59.6 Å². The minimum absolute atomic E-state index is 0.121. The Hall–Kier alpha value is -3.13. The average Bonchev–Trinajstić information content (AvgIpc) is 2.61. The fourth-order valence-corrected chi connectivity index (χ4v) is 3.66. The zero-order valence-corrected chi connectivity index (χ0v) is 15.7. The van der Waals surface area contributed by atoms with Gasteiger partial charge in [-0.25, -0.2) is 13.4 Å². The van der Waals surface area contributed by atoms with Crippen molar-refractivity contribution in [1.29, 1.82) is 0 Å². The van der Waals surface area contributed by atoms with Gasteiger partial charge in [-0.05, 0) is 49.6 Å². The molecule has 140 valence electrons. The van der Waals surface area contributed by atoms with Crippen LogP contribution in [0.25, 0.3) is 10.8 Å². The molecule has 0 atom stereocenters. The molecule has 0 bridgehead atoms. The van der Waals surface area contributed by atoms with Gasteiger partial charge in [-0.2, -0.15) is 0 Å². The van der Waals surface area contributed by atoms with E-state index in [9.17, 15) is 13.2 Å². The highest BCUT2D eigenvalue weighted by atomic mass is 32.2. The summed E-state index contributed by atoms with van der Waals surface area (Å²) in [7, 11) is -3.81. The first kappa shape index (κ1) is 18.7. The van der Waals surface area contributed by atoms with E-state index < -0.39 is 15.9 Å². The van der Waals surface area contributed by atoms with Gasteiger partial charge in [-0.1, -0.05) is 18.2 Å². The maximum Gasteiger partial charge on any atom is 0.263 e. The number of pyridine rings is 1. The highest BCUT2D eigenvalue weighted by Crippen LogP contribution is 2.31. The predicted octanol–water partition coefficient (Wildman–Crippen LogP) is 2.92. The first-order chi connectivity index (χ1) is 12.8. The third-order valence-corrected chi connectivity index (χ3v) is 5.13. The van der Waals surface area contributed by atoms with Gasteiger partial charge in [0, 0.05) is 11.6 Å². The maximum absolute atomic E-state index is 12.6. The van der Waals surface area contributed by atoms with Crippen molar-refractivity contribution in [2.24, 2.45) is 5.73 Å². The van der Waals surface area contributed by atoms with E-state index in [0.29, 0.717) is 10.8 Å². The SMILES string of the molecule is CC(C)Oc1cc2c(NS(=O)(=O)c3ccccc3)nccc2cc1C(N)=O. The lowest BCUT2D eigenvalue weighted by molar-refractivity contribution is 0.0994. The molecule has 3 aromatic rings. The molecule has 7 nitrogen and oxygen atoms in total. The number of sulfonamides is 1. The van der Waals surface area contributed by atoms with Crippen molar-refractivity contribution in [3.05, 3.63) is 60.3 Å². The molecule has 1 heterocycles. The van der Waals surface area contributed by atoms with Gasteiger partial charge in [0.25, 0.3) is 15.9 Å². The van der Waals surface area contributed by atoms with Gasteiger partial charge >= 0.3 is 0 Å². The normalized spacial score (nSPS) is 11.5. The van der Waals surface area contributed by atoms with Crippen molar-refractivity contribution in [3.63, 3.8) is 0 Å². The number of ether oxygens (including phenoxy) is 1. The number of rotatable bonds is 6. The largest absolute Gasteiger partial charge is 0.490 e. The molecule has 2 aromatic carbocycles. The third-order valence-electron chi connectivity index (χ3n) is 3.78. The lowest BCUT2D eigenvalue weighted by Crippen LogP contribution is -2.16. The summed E-state index contributed by atoms with van der Waals surface area (Å²) in [6, 6.07) is 12.8. The van der Waals surface area contributed by atoms with Crippen LogP contribution in [-0.4, -0.2) is 25.4 Å². The molecule has 0 fully saturated rings. The maximum atomic E-state index is 12.6. The summed E-state index contributed by atoms with van der Waals surface area (Å²) >= 11 is 0. The number of amides is 1.